The molecule has 1 aromatic carbocycles. The molecule has 0 bridgehead atoms. The molecule has 3 atom stereocenters. The van der Waals surface area contributed by atoms with Crippen molar-refractivity contribution in [1.82, 2.24) is 5.32 Å². The van der Waals surface area contributed by atoms with Crippen LogP contribution in [0.25, 0.3) is 0 Å². The molecule has 0 spiro atoms. The molecule has 1 aliphatic carbocycles. The van der Waals surface area contributed by atoms with Gasteiger partial charge in [0.15, 0.2) is 0 Å². The quantitative estimate of drug-likeness (QED) is 0.752. The first kappa shape index (κ1) is 17.9. The third-order valence-electron chi connectivity index (χ3n) is 4.50. The fourth-order valence-corrected chi connectivity index (χ4v) is 3.57. The van der Waals surface area contributed by atoms with Gasteiger partial charge in [-0.05, 0) is 43.4 Å². The lowest BCUT2D eigenvalue weighted by Gasteiger charge is -2.28. The summed E-state index contributed by atoms with van der Waals surface area (Å²) < 4.78 is 22.5. The van der Waals surface area contributed by atoms with Crippen LogP contribution in [0.15, 0.2) is 29.2 Å². The fraction of sp³-hybridized carbons (Fsp3) is 0.562. The predicted molar refractivity (Wildman–Crippen MR) is 88.9 cm³/mol. The Balaban J connectivity index is 1.93. The van der Waals surface area contributed by atoms with Gasteiger partial charge >= 0.3 is 0 Å². The molecule has 23 heavy (non-hydrogen) atoms. The Bertz CT molecular complexity index is 643. The number of primary sulfonamides is 1. The van der Waals surface area contributed by atoms with Crippen LogP contribution in [0.4, 0.5) is 0 Å². The number of benzene rings is 1. The van der Waals surface area contributed by atoms with E-state index >= 15 is 0 Å². The Hall–Kier alpha value is -1.44. The Morgan fingerprint density at radius 2 is 1.87 bits per heavy atom. The largest absolute Gasteiger partial charge is 0.350 e. The maximum absolute atomic E-state index is 12.2. The van der Waals surface area contributed by atoms with E-state index in [-0.39, 0.29) is 28.8 Å². The Morgan fingerprint density at radius 1 is 1.26 bits per heavy atom. The second-order valence-corrected chi connectivity index (χ2v) is 7.88. The molecule has 0 aromatic heterocycles. The van der Waals surface area contributed by atoms with Gasteiger partial charge in [0.2, 0.25) is 15.9 Å². The Kier molecular flexibility index (Phi) is 5.78. The van der Waals surface area contributed by atoms with Crippen molar-refractivity contribution in [2.45, 2.75) is 56.0 Å². The number of nitrogens with two attached hydrogens (primary N) is 2. The highest BCUT2D eigenvalue weighted by Crippen LogP contribution is 2.26. The molecule has 0 radical (unpaired) electrons. The number of nitrogens with one attached hydrogen (secondary N) is 1. The van der Waals surface area contributed by atoms with Gasteiger partial charge in [-0.3, -0.25) is 4.79 Å². The van der Waals surface area contributed by atoms with Crippen LogP contribution < -0.4 is 16.2 Å². The van der Waals surface area contributed by atoms with E-state index in [1.807, 2.05) is 6.92 Å². The number of carbonyl (C=O) groups is 1. The van der Waals surface area contributed by atoms with E-state index < -0.39 is 10.0 Å². The second kappa shape index (κ2) is 7.42. The van der Waals surface area contributed by atoms with Gasteiger partial charge in [-0.1, -0.05) is 25.0 Å². The summed E-state index contributed by atoms with van der Waals surface area (Å²) in [6.07, 6.45) is 4.72. The van der Waals surface area contributed by atoms with Crippen molar-refractivity contribution in [3.63, 3.8) is 0 Å². The number of amides is 1. The summed E-state index contributed by atoms with van der Waals surface area (Å²) in [6, 6.07) is 6.14. The zero-order valence-corrected chi connectivity index (χ0v) is 14.2. The van der Waals surface area contributed by atoms with E-state index in [1.165, 1.54) is 12.1 Å². The van der Waals surface area contributed by atoms with Crippen molar-refractivity contribution in [2.24, 2.45) is 16.8 Å². The summed E-state index contributed by atoms with van der Waals surface area (Å²) in [5.41, 5.74) is 6.91. The van der Waals surface area contributed by atoms with Gasteiger partial charge in [0, 0.05) is 12.5 Å². The lowest BCUT2D eigenvalue weighted by atomic mass is 9.83. The highest BCUT2D eigenvalue weighted by atomic mass is 32.2. The normalized spacial score (nSPS) is 23.3. The number of carbonyl (C=O) groups excluding carboxylic acids is 1. The zero-order valence-electron chi connectivity index (χ0n) is 13.4. The summed E-state index contributed by atoms with van der Waals surface area (Å²) >= 11 is 0. The predicted octanol–water partition coefficient (Wildman–Crippen LogP) is 1.42. The SMILES string of the molecule is CC(NC(=O)CC1CCCCC1N)c1ccc(S(N)(=O)=O)cc1. The van der Waals surface area contributed by atoms with Crippen LogP contribution in [-0.4, -0.2) is 20.4 Å². The number of hydrogen-bond donors (Lipinski definition) is 3. The van der Waals surface area contributed by atoms with Crippen LogP contribution in [-0.2, 0) is 14.8 Å². The van der Waals surface area contributed by atoms with Gasteiger partial charge in [0.05, 0.1) is 10.9 Å². The number of rotatable bonds is 5. The summed E-state index contributed by atoms with van der Waals surface area (Å²) in [5.74, 6) is 0.232. The first-order valence-electron chi connectivity index (χ1n) is 7.95. The minimum absolute atomic E-state index is 0.0182. The molecule has 7 heteroatoms. The lowest BCUT2D eigenvalue weighted by molar-refractivity contribution is -0.123. The van der Waals surface area contributed by atoms with E-state index in [1.54, 1.807) is 12.1 Å². The molecule has 0 heterocycles. The maximum Gasteiger partial charge on any atom is 0.238 e. The Morgan fingerprint density at radius 3 is 2.43 bits per heavy atom. The summed E-state index contributed by atoms with van der Waals surface area (Å²) in [7, 11) is -3.69. The molecule has 1 amide bonds. The monoisotopic (exact) mass is 339 g/mol. The first-order valence-corrected chi connectivity index (χ1v) is 9.49. The first-order chi connectivity index (χ1) is 10.8. The number of hydrogen-bond acceptors (Lipinski definition) is 4. The molecule has 5 N–H and O–H groups in total. The van der Waals surface area contributed by atoms with Crippen molar-refractivity contribution in [3.05, 3.63) is 29.8 Å². The molecular weight excluding hydrogens is 314 g/mol. The third-order valence-corrected chi connectivity index (χ3v) is 5.43. The summed E-state index contributed by atoms with van der Waals surface area (Å²) in [4.78, 5) is 12.2. The molecular formula is C16H25N3O3S. The summed E-state index contributed by atoms with van der Waals surface area (Å²) in [5, 5.41) is 8.02. The molecule has 1 aliphatic rings. The van der Waals surface area contributed by atoms with Crippen molar-refractivity contribution < 1.29 is 13.2 Å². The van der Waals surface area contributed by atoms with Crippen LogP contribution in [0.2, 0.25) is 0 Å². The topological polar surface area (TPSA) is 115 Å². The van der Waals surface area contributed by atoms with E-state index in [2.05, 4.69) is 5.32 Å². The van der Waals surface area contributed by atoms with Crippen molar-refractivity contribution in [3.8, 4) is 0 Å². The van der Waals surface area contributed by atoms with Crippen LogP contribution >= 0.6 is 0 Å². The van der Waals surface area contributed by atoms with E-state index in [4.69, 9.17) is 10.9 Å². The Labute approximate surface area is 137 Å². The van der Waals surface area contributed by atoms with E-state index in [0.717, 1.165) is 31.2 Å². The molecule has 0 saturated heterocycles. The van der Waals surface area contributed by atoms with Crippen molar-refractivity contribution in [1.29, 1.82) is 0 Å². The molecule has 1 fully saturated rings. The van der Waals surface area contributed by atoms with E-state index in [0.29, 0.717) is 6.42 Å². The molecule has 2 rings (SSSR count). The van der Waals surface area contributed by atoms with Gasteiger partial charge in [-0.15, -0.1) is 0 Å². The van der Waals surface area contributed by atoms with Gasteiger partial charge in [-0.25, -0.2) is 13.6 Å². The van der Waals surface area contributed by atoms with Gasteiger partial charge in [-0.2, -0.15) is 0 Å². The molecule has 0 aliphatic heterocycles. The third kappa shape index (κ3) is 5.02. The second-order valence-electron chi connectivity index (χ2n) is 6.32. The standard InChI is InChI=1S/C16H25N3O3S/c1-11(12-6-8-14(9-7-12)23(18,21)22)19-16(20)10-13-4-2-3-5-15(13)17/h6-9,11,13,15H,2-5,10,17H2,1H3,(H,19,20)(H2,18,21,22). The van der Waals surface area contributed by atoms with Crippen LogP contribution in [0.5, 0.6) is 0 Å². The summed E-state index contributed by atoms with van der Waals surface area (Å²) in [6.45, 7) is 1.87. The molecule has 1 saturated carbocycles. The molecule has 6 nitrogen and oxygen atoms in total. The van der Waals surface area contributed by atoms with Crippen LogP contribution in [0.1, 0.15) is 50.6 Å². The minimum Gasteiger partial charge on any atom is -0.350 e. The number of sulfonamides is 1. The highest BCUT2D eigenvalue weighted by molar-refractivity contribution is 7.89. The van der Waals surface area contributed by atoms with Crippen molar-refractivity contribution >= 4 is 15.9 Å². The molecule has 128 valence electrons. The van der Waals surface area contributed by atoms with Gasteiger partial charge in [0.25, 0.3) is 0 Å². The average Bonchev–Trinajstić information content (AvgIpc) is 2.49. The zero-order chi connectivity index (χ0) is 17.0. The van der Waals surface area contributed by atoms with Crippen LogP contribution in [0.3, 0.4) is 0 Å². The minimum atomic E-state index is -3.69. The van der Waals surface area contributed by atoms with E-state index in [9.17, 15) is 13.2 Å². The lowest BCUT2D eigenvalue weighted by Crippen LogP contribution is -2.37. The fourth-order valence-electron chi connectivity index (χ4n) is 3.06. The van der Waals surface area contributed by atoms with Gasteiger partial charge < -0.3 is 11.1 Å². The van der Waals surface area contributed by atoms with Crippen LogP contribution in [0, 0.1) is 5.92 Å². The van der Waals surface area contributed by atoms with Crippen molar-refractivity contribution in [2.75, 3.05) is 0 Å². The van der Waals surface area contributed by atoms with Gasteiger partial charge in [0.1, 0.15) is 0 Å². The molecule has 1 aromatic rings. The highest BCUT2D eigenvalue weighted by Gasteiger charge is 2.24. The molecule has 3 unspecified atom stereocenters. The average molecular weight is 339 g/mol. The smallest absolute Gasteiger partial charge is 0.238 e. The maximum atomic E-state index is 12.2.